The Bertz CT molecular complexity index is 879. The van der Waals surface area contributed by atoms with Crippen LogP contribution in [0.15, 0.2) is 60.1 Å². The van der Waals surface area contributed by atoms with Gasteiger partial charge in [0.1, 0.15) is 5.82 Å². The Morgan fingerprint density at radius 3 is 2.68 bits per heavy atom. The first-order chi connectivity index (χ1) is 10.9. The van der Waals surface area contributed by atoms with Crippen molar-refractivity contribution in [2.45, 2.75) is 12.8 Å². The normalized spacial score (nSPS) is 11.1. The summed E-state index contributed by atoms with van der Waals surface area (Å²) in [5.41, 5.74) is 4.08. The largest absolute Gasteiger partial charge is 0.341 e. The van der Waals surface area contributed by atoms with Crippen LogP contribution in [0.5, 0.6) is 0 Å². The summed E-state index contributed by atoms with van der Waals surface area (Å²) in [6.45, 7) is 0. The van der Waals surface area contributed by atoms with Crippen LogP contribution in [0.2, 0.25) is 0 Å². The van der Waals surface area contributed by atoms with Crippen molar-refractivity contribution in [3.8, 4) is 11.1 Å². The second kappa shape index (κ2) is 5.73. The number of hydrogen-bond acceptors (Lipinski definition) is 3. The van der Waals surface area contributed by atoms with E-state index in [0.717, 1.165) is 35.4 Å². The number of rotatable bonds is 4. The molecular weight excluding hydrogens is 290 g/mol. The van der Waals surface area contributed by atoms with Gasteiger partial charge in [0.15, 0.2) is 5.65 Å². The molecule has 0 saturated heterocycles. The average Bonchev–Trinajstić information content (AvgIpc) is 3.22. The highest BCUT2D eigenvalue weighted by molar-refractivity contribution is 7.09. The molecule has 0 amide bonds. The second-order valence-corrected chi connectivity index (χ2v) is 6.26. The van der Waals surface area contributed by atoms with Crippen LogP contribution >= 0.6 is 11.3 Å². The number of imidazole rings is 1. The van der Waals surface area contributed by atoms with Gasteiger partial charge in [-0.05, 0) is 29.5 Å². The molecule has 1 aromatic carbocycles. The van der Waals surface area contributed by atoms with E-state index in [4.69, 9.17) is 0 Å². The number of hydrogen-bond donors (Lipinski definition) is 1. The summed E-state index contributed by atoms with van der Waals surface area (Å²) in [7, 11) is 0. The van der Waals surface area contributed by atoms with Crippen molar-refractivity contribution in [3.63, 3.8) is 0 Å². The van der Waals surface area contributed by atoms with Gasteiger partial charge in [-0.2, -0.15) is 0 Å². The zero-order chi connectivity index (χ0) is 14.8. The van der Waals surface area contributed by atoms with Crippen molar-refractivity contribution < 1.29 is 0 Å². The Morgan fingerprint density at radius 2 is 1.86 bits per heavy atom. The third-order valence-corrected chi connectivity index (χ3v) is 4.62. The molecule has 0 spiro atoms. The maximum Gasteiger partial charge on any atom is 0.177 e. The van der Waals surface area contributed by atoms with Crippen LogP contribution in [0, 0.1) is 0 Å². The SMILES string of the molecule is c1ccc(-c2cnc3nc(CCc4cccs4)[nH]c3c2)cc1. The fraction of sp³-hybridized carbons (Fsp3) is 0.111. The molecule has 108 valence electrons. The highest BCUT2D eigenvalue weighted by Crippen LogP contribution is 2.21. The third kappa shape index (κ3) is 2.65. The smallest absolute Gasteiger partial charge is 0.177 e. The van der Waals surface area contributed by atoms with Gasteiger partial charge in [0.2, 0.25) is 0 Å². The van der Waals surface area contributed by atoms with E-state index >= 15 is 0 Å². The van der Waals surface area contributed by atoms with Crippen molar-refractivity contribution in [1.82, 2.24) is 15.0 Å². The molecule has 0 aliphatic heterocycles. The molecule has 0 fully saturated rings. The number of nitrogens with one attached hydrogen (secondary N) is 1. The number of thiophene rings is 1. The summed E-state index contributed by atoms with van der Waals surface area (Å²) in [5.74, 6) is 1.00. The fourth-order valence-electron chi connectivity index (χ4n) is 2.55. The van der Waals surface area contributed by atoms with Crippen molar-refractivity contribution >= 4 is 22.5 Å². The molecule has 4 aromatic rings. The molecule has 1 N–H and O–H groups in total. The molecular formula is C18H15N3S. The van der Waals surface area contributed by atoms with E-state index in [1.807, 2.05) is 24.4 Å². The molecule has 22 heavy (non-hydrogen) atoms. The Morgan fingerprint density at radius 1 is 0.955 bits per heavy atom. The van der Waals surface area contributed by atoms with Crippen LogP contribution in [-0.4, -0.2) is 15.0 Å². The van der Waals surface area contributed by atoms with Gasteiger partial charge in [-0.25, -0.2) is 9.97 Å². The lowest BCUT2D eigenvalue weighted by Gasteiger charge is -1.99. The summed E-state index contributed by atoms with van der Waals surface area (Å²) >= 11 is 1.79. The van der Waals surface area contributed by atoms with E-state index in [2.05, 4.69) is 50.7 Å². The summed E-state index contributed by atoms with van der Waals surface area (Å²) in [5, 5.41) is 2.11. The van der Waals surface area contributed by atoms with Gasteiger partial charge in [0.25, 0.3) is 0 Å². The summed E-state index contributed by atoms with van der Waals surface area (Å²) in [6.07, 6.45) is 3.82. The minimum atomic E-state index is 0.792. The molecule has 3 heterocycles. The van der Waals surface area contributed by atoms with Gasteiger partial charge in [-0.1, -0.05) is 36.4 Å². The maximum absolute atomic E-state index is 4.58. The Kier molecular flexibility index (Phi) is 3.45. The number of aromatic amines is 1. The predicted octanol–water partition coefficient (Wildman–Crippen LogP) is 4.47. The van der Waals surface area contributed by atoms with Crippen molar-refractivity contribution in [2.75, 3.05) is 0 Å². The first-order valence-corrected chi connectivity index (χ1v) is 8.19. The zero-order valence-corrected chi connectivity index (χ0v) is 12.8. The standard InChI is InChI=1S/C18H15N3S/c1-2-5-13(6-3-1)14-11-16-18(19-12-14)21-17(20-16)9-8-15-7-4-10-22-15/h1-7,10-12H,8-9H2,(H,19,20,21). The quantitative estimate of drug-likeness (QED) is 0.604. The minimum absolute atomic E-state index is 0.792. The molecule has 4 rings (SSSR count). The monoisotopic (exact) mass is 305 g/mol. The fourth-order valence-corrected chi connectivity index (χ4v) is 3.26. The van der Waals surface area contributed by atoms with E-state index in [0.29, 0.717) is 0 Å². The van der Waals surface area contributed by atoms with E-state index in [1.54, 1.807) is 11.3 Å². The van der Waals surface area contributed by atoms with Crippen molar-refractivity contribution in [1.29, 1.82) is 0 Å². The number of nitrogens with zero attached hydrogens (tertiary/aromatic N) is 2. The van der Waals surface area contributed by atoms with Crippen LogP contribution in [0.3, 0.4) is 0 Å². The van der Waals surface area contributed by atoms with Crippen LogP contribution in [0.1, 0.15) is 10.7 Å². The molecule has 3 nitrogen and oxygen atoms in total. The van der Waals surface area contributed by atoms with Crippen LogP contribution in [0.25, 0.3) is 22.3 Å². The van der Waals surface area contributed by atoms with Crippen molar-refractivity contribution in [2.24, 2.45) is 0 Å². The number of fused-ring (bicyclic) bond motifs is 1. The van der Waals surface area contributed by atoms with Gasteiger partial charge in [-0.15, -0.1) is 11.3 Å². The number of aryl methyl sites for hydroxylation is 2. The van der Waals surface area contributed by atoms with Gasteiger partial charge in [0, 0.05) is 23.1 Å². The first kappa shape index (κ1) is 13.2. The minimum Gasteiger partial charge on any atom is -0.341 e. The van der Waals surface area contributed by atoms with Gasteiger partial charge in [-0.3, -0.25) is 0 Å². The lowest BCUT2D eigenvalue weighted by atomic mass is 10.1. The Labute approximate surface area is 132 Å². The van der Waals surface area contributed by atoms with Crippen LogP contribution < -0.4 is 0 Å². The Hall–Kier alpha value is -2.46. The number of pyridine rings is 1. The third-order valence-electron chi connectivity index (χ3n) is 3.68. The highest BCUT2D eigenvalue weighted by Gasteiger charge is 2.06. The summed E-state index contributed by atoms with van der Waals surface area (Å²) in [4.78, 5) is 13.9. The first-order valence-electron chi connectivity index (χ1n) is 7.31. The van der Waals surface area contributed by atoms with Crippen LogP contribution in [-0.2, 0) is 12.8 Å². The lowest BCUT2D eigenvalue weighted by molar-refractivity contribution is 0.902. The molecule has 0 saturated carbocycles. The summed E-state index contributed by atoms with van der Waals surface area (Å²) < 4.78 is 0. The zero-order valence-electron chi connectivity index (χ0n) is 12.0. The van der Waals surface area contributed by atoms with E-state index < -0.39 is 0 Å². The Balaban J connectivity index is 1.61. The molecule has 4 heteroatoms. The topological polar surface area (TPSA) is 41.6 Å². The molecule has 0 aliphatic carbocycles. The van der Waals surface area contributed by atoms with Gasteiger partial charge >= 0.3 is 0 Å². The molecule has 0 bridgehead atoms. The van der Waals surface area contributed by atoms with Crippen molar-refractivity contribution in [3.05, 3.63) is 70.8 Å². The van der Waals surface area contributed by atoms with Gasteiger partial charge < -0.3 is 4.98 Å². The average molecular weight is 305 g/mol. The van der Waals surface area contributed by atoms with Crippen LogP contribution in [0.4, 0.5) is 0 Å². The number of H-pyrrole nitrogens is 1. The van der Waals surface area contributed by atoms with E-state index in [1.165, 1.54) is 10.4 Å². The molecule has 0 radical (unpaired) electrons. The molecule has 0 unspecified atom stereocenters. The number of aromatic nitrogens is 3. The molecule has 0 aliphatic rings. The highest BCUT2D eigenvalue weighted by atomic mass is 32.1. The second-order valence-electron chi connectivity index (χ2n) is 5.22. The maximum atomic E-state index is 4.58. The van der Waals surface area contributed by atoms with E-state index in [-0.39, 0.29) is 0 Å². The van der Waals surface area contributed by atoms with E-state index in [9.17, 15) is 0 Å². The number of benzene rings is 1. The summed E-state index contributed by atoms with van der Waals surface area (Å²) in [6, 6.07) is 16.7. The molecule has 3 aromatic heterocycles. The lowest BCUT2D eigenvalue weighted by Crippen LogP contribution is -1.90. The predicted molar refractivity (Wildman–Crippen MR) is 91.1 cm³/mol. The van der Waals surface area contributed by atoms with Gasteiger partial charge in [0.05, 0.1) is 5.52 Å². The molecule has 0 atom stereocenters.